The maximum atomic E-state index is 5.68. The van der Waals surface area contributed by atoms with Crippen molar-refractivity contribution in [3.05, 3.63) is 54.0 Å². The van der Waals surface area contributed by atoms with E-state index in [4.69, 9.17) is 15.2 Å². The van der Waals surface area contributed by atoms with E-state index in [-0.39, 0.29) is 0 Å². The Bertz CT molecular complexity index is 801. The average Bonchev–Trinajstić information content (AvgIpc) is 2.56. The monoisotopic (exact) mass is 295 g/mol. The Balaban J connectivity index is 2.07. The van der Waals surface area contributed by atoms with E-state index >= 15 is 0 Å². The molecule has 0 aliphatic heterocycles. The van der Waals surface area contributed by atoms with Crippen LogP contribution in [-0.4, -0.2) is 24.2 Å². The molecule has 2 heterocycles. The van der Waals surface area contributed by atoms with Crippen LogP contribution in [0.2, 0.25) is 0 Å². The number of nitrogen functional groups attached to an aromatic ring is 1. The first kappa shape index (κ1) is 14.1. The van der Waals surface area contributed by atoms with Crippen molar-refractivity contribution < 1.29 is 9.47 Å². The molecule has 0 radical (unpaired) electrons. The van der Waals surface area contributed by atoms with Crippen molar-refractivity contribution in [2.45, 2.75) is 6.42 Å². The van der Waals surface area contributed by atoms with Crippen molar-refractivity contribution in [1.82, 2.24) is 9.97 Å². The Kier molecular flexibility index (Phi) is 3.78. The maximum Gasteiger partial charge on any atom is 0.162 e. The van der Waals surface area contributed by atoms with Gasteiger partial charge in [-0.15, -0.1) is 0 Å². The van der Waals surface area contributed by atoms with Gasteiger partial charge in [-0.1, -0.05) is 0 Å². The van der Waals surface area contributed by atoms with E-state index in [1.165, 1.54) is 0 Å². The smallest absolute Gasteiger partial charge is 0.162 e. The minimum Gasteiger partial charge on any atom is -0.493 e. The van der Waals surface area contributed by atoms with Crippen LogP contribution in [0.1, 0.15) is 11.3 Å². The second-order valence-corrected chi connectivity index (χ2v) is 4.95. The molecule has 5 nitrogen and oxygen atoms in total. The second-order valence-electron chi connectivity index (χ2n) is 4.95. The number of ether oxygens (including phenoxy) is 2. The van der Waals surface area contributed by atoms with Crippen LogP contribution in [0.4, 0.5) is 5.69 Å². The van der Waals surface area contributed by atoms with Crippen LogP contribution in [-0.2, 0) is 6.42 Å². The molecule has 0 atom stereocenters. The highest BCUT2D eigenvalue weighted by molar-refractivity contribution is 5.85. The maximum absolute atomic E-state index is 5.68. The van der Waals surface area contributed by atoms with Gasteiger partial charge in [0.2, 0.25) is 0 Å². The molecule has 3 aromatic rings. The van der Waals surface area contributed by atoms with Gasteiger partial charge in [-0.3, -0.25) is 9.97 Å². The van der Waals surface area contributed by atoms with Gasteiger partial charge in [0.25, 0.3) is 0 Å². The molecular formula is C17H17N3O2. The highest BCUT2D eigenvalue weighted by atomic mass is 16.5. The van der Waals surface area contributed by atoms with E-state index < -0.39 is 0 Å². The first-order valence-corrected chi connectivity index (χ1v) is 6.91. The molecule has 0 aliphatic carbocycles. The summed E-state index contributed by atoms with van der Waals surface area (Å²) in [5.41, 5.74) is 9.29. The van der Waals surface area contributed by atoms with Gasteiger partial charge in [0, 0.05) is 29.8 Å². The number of aromatic nitrogens is 2. The molecule has 2 aromatic heterocycles. The van der Waals surface area contributed by atoms with Gasteiger partial charge in [0.1, 0.15) is 0 Å². The highest BCUT2D eigenvalue weighted by Crippen LogP contribution is 2.33. The average molecular weight is 295 g/mol. The van der Waals surface area contributed by atoms with Crippen LogP contribution >= 0.6 is 0 Å². The zero-order valence-corrected chi connectivity index (χ0v) is 12.5. The van der Waals surface area contributed by atoms with Gasteiger partial charge in [-0.2, -0.15) is 0 Å². The SMILES string of the molecule is COc1cc2nccc(Cc3ccc(N)cn3)c2cc1OC. The number of benzene rings is 1. The molecule has 0 saturated heterocycles. The summed E-state index contributed by atoms with van der Waals surface area (Å²) in [6.45, 7) is 0. The van der Waals surface area contributed by atoms with Crippen LogP contribution in [0.25, 0.3) is 10.9 Å². The lowest BCUT2D eigenvalue weighted by atomic mass is 10.0. The molecule has 22 heavy (non-hydrogen) atoms. The molecule has 5 heteroatoms. The van der Waals surface area contributed by atoms with Crippen molar-refractivity contribution >= 4 is 16.6 Å². The number of hydrogen-bond acceptors (Lipinski definition) is 5. The lowest BCUT2D eigenvalue weighted by Gasteiger charge is -2.11. The molecule has 0 aliphatic rings. The van der Waals surface area contributed by atoms with Gasteiger partial charge in [-0.05, 0) is 29.8 Å². The molecule has 0 spiro atoms. The normalized spacial score (nSPS) is 10.6. The van der Waals surface area contributed by atoms with E-state index in [1.54, 1.807) is 26.6 Å². The van der Waals surface area contributed by atoms with Gasteiger partial charge < -0.3 is 15.2 Å². The molecule has 112 valence electrons. The number of anilines is 1. The minimum absolute atomic E-state index is 0.662. The molecular weight excluding hydrogens is 278 g/mol. The predicted molar refractivity (Wildman–Crippen MR) is 86.3 cm³/mol. The molecule has 1 aromatic carbocycles. The molecule has 2 N–H and O–H groups in total. The number of methoxy groups -OCH3 is 2. The number of fused-ring (bicyclic) bond motifs is 1. The fraction of sp³-hybridized carbons (Fsp3) is 0.176. The first-order chi connectivity index (χ1) is 10.7. The number of hydrogen-bond donors (Lipinski definition) is 1. The zero-order chi connectivity index (χ0) is 15.5. The number of pyridine rings is 2. The van der Waals surface area contributed by atoms with Crippen LogP contribution in [0.3, 0.4) is 0 Å². The van der Waals surface area contributed by atoms with Crippen LogP contribution in [0, 0.1) is 0 Å². The zero-order valence-electron chi connectivity index (χ0n) is 12.5. The van der Waals surface area contributed by atoms with E-state index in [9.17, 15) is 0 Å². The summed E-state index contributed by atoms with van der Waals surface area (Å²) >= 11 is 0. The van der Waals surface area contributed by atoms with Crippen LogP contribution < -0.4 is 15.2 Å². The summed E-state index contributed by atoms with van der Waals surface area (Å²) < 4.78 is 10.7. The minimum atomic E-state index is 0.662. The van der Waals surface area contributed by atoms with Crippen molar-refractivity contribution in [3.63, 3.8) is 0 Å². The van der Waals surface area contributed by atoms with E-state index in [0.717, 1.165) is 22.2 Å². The Hall–Kier alpha value is -2.82. The second kappa shape index (κ2) is 5.89. The summed E-state index contributed by atoms with van der Waals surface area (Å²) in [4.78, 5) is 8.76. The van der Waals surface area contributed by atoms with Crippen LogP contribution in [0.5, 0.6) is 11.5 Å². The lowest BCUT2D eigenvalue weighted by Crippen LogP contribution is -1.97. The predicted octanol–water partition coefficient (Wildman–Crippen LogP) is 2.82. The van der Waals surface area contributed by atoms with E-state index in [1.807, 2.05) is 30.3 Å². The third-order valence-electron chi connectivity index (χ3n) is 3.56. The van der Waals surface area contributed by atoms with Crippen LogP contribution in [0.15, 0.2) is 42.7 Å². The van der Waals surface area contributed by atoms with Gasteiger partial charge in [0.15, 0.2) is 11.5 Å². The van der Waals surface area contributed by atoms with E-state index in [2.05, 4.69) is 9.97 Å². The highest BCUT2D eigenvalue weighted by Gasteiger charge is 2.10. The largest absolute Gasteiger partial charge is 0.493 e. The fourth-order valence-electron chi connectivity index (χ4n) is 2.42. The Morgan fingerprint density at radius 3 is 2.45 bits per heavy atom. The first-order valence-electron chi connectivity index (χ1n) is 6.91. The van der Waals surface area contributed by atoms with Crippen molar-refractivity contribution in [2.75, 3.05) is 20.0 Å². The molecule has 0 fully saturated rings. The Morgan fingerprint density at radius 2 is 1.77 bits per heavy atom. The Labute approximate surface area is 128 Å². The van der Waals surface area contributed by atoms with Crippen molar-refractivity contribution in [1.29, 1.82) is 0 Å². The summed E-state index contributed by atoms with van der Waals surface area (Å²) in [6.07, 6.45) is 4.16. The van der Waals surface area contributed by atoms with Gasteiger partial charge in [-0.25, -0.2) is 0 Å². The van der Waals surface area contributed by atoms with E-state index in [0.29, 0.717) is 23.6 Å². The van der Waals surface area contributed by atoms with Crippen molar-refractivity contribution in [3.8, 4) is 11.5 Å². The third-order valence-corrected chi connectivity index (χ3v) is 3.56. The standard InChI is InChI=1S/C17H17N3O2/c1-21-16-8-14-11(7-13-4-3-12(18)10-20-13)5-6-19-15(14)9-17(16)22-2/h3-6,8-10H,7,18H2,1-2H3. The number of nitrogens with zero attached hydrogens (tertiary/aromatic N) is 2. The molecule has 0 amide bonds. The van der Waals surface area contributed by atoms with Crippen molar-refractivity contribution in [2.24, 2.45) is 0 Å². The topological polar surface area (TPSA) is 70.3 Å². The quantitative estimate of drug-likeness (QED) is 0.801. The number of rotatable bonds is 4. The molecule has 3 rings (SSSR count). The number of nitrogens with two attached hydrogens (primary N) is 1. The third kappa shape index (κ3) is 2.65. The summed E-state index contributed by atoms with van der Waals surface area (Å²) in [7, 11) is 3.24. The summed E-state index contributed by atoms with van der Waals surface area (Å²) in [5, 5.41) is 1.03. The Morgan fingerprint density at radius 1 is 1.00 bits per heavy atom. The molecule has 0 saturated carbocycles. The molecule has 0 bridgehead atoms. The summed E-state index contributed by atoms with van der Waals surface area (Å²) in [6, 6.07) is 9.62. The fourth-order valence-corrected chi connectivity index (χ4v) is 2.42. The van der Waals surface area contributed by atoms with Gasteiger partial charge >= 0.3 is 0 Å². The van der Waals surface area contributed by atoms with Gasteiger partial charge in [0.05, 0.1) is 31.6 Å². The lowest BCUT2D eigenvalue weighted by molar-refractivity contribution is 0.356. The summed E-state index contributed by atoms with van der Waals surface area (Å²) in [5.74, 6) is 1.36. The molecule has 0 unspecified atom stereocenters.